The van der Waals surface area contributed by atoms with E-state index in [2.05, 4.69) is 0 Å². The predicted octanol–water partition coefficient (Wildman–Crippen LogP) is 4.91. The summed E-state index contributed by atoms with van der Waals surface area (Å²) in [5, 5.41) is 10.3. The first kappa shape index (κ1) is 17.5. The first-order valence-electron chi connectivity index (χ1n) is 8.47. The normalized spacial score (nSPS) is 25.4. The second-order valence-electron chi connectivity index (χ2n) is 7.30. The van der Waals surface area contributed by atoms with E-state index in [9.17, 15) is 9.90 Å². The largest absolute Gasteiger partial charge is 0.507 e. The number of aliphatic hydroxyl groups is 1. The molecule has 0 aliphatic heterocycles. The number of rotatable bonds is 3. The molecule has 0 bridgehead atoms. The van der Waals surface area contributed by atoms with E-state index in [4.69, 9.17) is 4.74 Å². The van der Waals surface area contributed by atoms with Crippen LogP contribution in [0, 0.1) is 5.41 Å². The quantitative estimate of drug-likeness (QED) is 0.627. The minimum atomic E-state index is -1.85. The zero-order chi connectivity index (χ0) is 18.2. The topological polar surface area (TPSA) is 46.5 Å². The monoisotopic (exact) mass is 342 g/mol. The molecule has 1 unspecified atom stereocenters. The van der Waals surface area contributed by atoms with Crippen LogP contribution >= 0.6 is 0 Å². The van der Waals surface area contributed by atoms with Gasteiger partial charge in [0.2, 0.25) is 0 Å². The van der Waals surface area contributed by atoms with Crippen molar-refractivity contribution in [3.8, 4) is 0 Å². The lowest BCUT2D eigenvalue weighted by Crippen LogP contribution is -2.37. The van der Waals surface area contributed by atoms with E-state index in [-0.39, 0.29) is 23.2 Å². The van der Waals surface area contributed by atoms with Crippen molar-refractivity contribution in [1.29, 1.82) is 0 Å². The first-order chi connectivity index (χ1) is 11.8. The maximum absolute atomic E-state index is 16.6. The van der Waals surface area contributed by atoms with Gasteiger partial charge in [-0.15, -0.1) is 0 Å². The Balaban J connectivity index is 2.19. The highest BCUT2D eigenvalue weighted by Gasteiger charge is 2.50. The smallest absolute Gasteiger partial charge is 0.337 e. The standard InChI is InChI=1S/C21H23FO3/c1-20(2)11-7-10-18(20)21(22)13-15(19(24)25-3)17(23)12-16(21)14-8-5-4-6-9-14/h4-6,8-10,12,23H,7,11,13H2,1-3H3. The molecule has 1 N–H and O–H groups in total. The molecule has 0 radical (unpaired) electrons. The number of allylic oxidation sites excluding steroid dienone is 4. The summed E-state index contributed by atoms with van der Waals surface area (Å²) in [6.07, 6.45) is 4.76. The number of aliphatic hydroxyl groups excluding tert-OH is 1. The van der Waals surface area contributed by atoms with Gasteiger partial charge in [0.15, 0.2) is 5.67 Å². The van der Waals surface area contributed by atoms with Crippen molar-refractivity contribution in [2.75, 3.05) is 7.11 Å². The lowest BCUT2D eigenvalue weighted by molar-refractivity contribution is -0.136. The fourth-order valence-corrected chi connectivity index (χ4v) is 3.92. The number of alkyl halides is 1. The summed E-state index contributed by atoms with van der Waals surface area (Å²) >= 11 is 0. The van der Waals surface area contributed by atoms with Crippen LogP contribution in [0.1, 0.15) is 38.7 Å². The number of benzene rings is 1. The molecule has 0 spiro atoms. The maximum Gasteiger partial charge on any atom is 0.337 e. The van der Waals surface area contributed by atoms with E-state index in [1.807, 2.05) is 50.3 Å². The number of hydrogen-bond donors (Lipinski definition) is 1. The number of halogens is 1. The van der Waals surface area contributed by atoms with Crippen LogP contribution in [-0.2, 0) is 9.53 Å². The van der Waals surface area contributed by atoms with Crippen LogP contribution in [-0.4, -0.2) is 23.9 Å². The predicted molar refractivity (Wildman–Crippen MR) is 95.6 cm³/mol. The van der Waals surface area contributed by atoms with Crippen molar-refractivity contribution in [1.82, 2.24) is 0 Å². The Morgan fingerprint density at radius 1 is 1.24 bits per heavy atom. The van der Waals surface area contributed by atoms with Crippen LogP contribution in [0.4, 0.5) is 4.39 Å². The van der Waals surface area contributed by atoms with Crippen LogP contribution in [0.2, 0.25) is 0 Å². The van der Waals surface area contributed by atoms with E-state index >= 15 is 4.39 Å². The summed E-state index contributed by atoms with van der Waals surface area (Å²) in [4.78, 5) is 12.0. The molecule has 2 aliphatic carbocycles. The first-order valence-corrected chi connectivity index (χ1v) is 8.47. The van der Waals surface area contributed by atoms with Crippen LogP contribution in [0.15, 0.2) is 59.4 Å². The molecule has 1 aromatic carbocycles. The molecule has 3 nitrogen and oxygen atoms in total. The Bertz CT molecular complexity index is 787. The summed E-state index contributed by atoms with van der Waals surface area (Å²) in [7, 11) is 1.23. The Labute approximate surface area is 147 Å². The molecule has 132 valence electrons. The Hall–Kier alpha value is -2.36. The molecule has 1 aromatic rings. The second kappa shape index (κ2) is 6.17. The average Bonchev–Trinajstić information content (AvgIpc) is 2.96. The molecule has 3 rings (SSSR count). The van der Waals surface area contributed by atoms with E-state index < -0.39 is 11.6 Å². The highest BCUT2D eigenvalue weighted by atomic mass is 19.1. The van der Waals surface area contributed by atoms with Crippen LogP contribution in [0.25, 0.3) is 5.57 Å². The highest BCUT2D eigenvalue weighted by Crippen LogP contribution is 2.54. The maximum atomic E-state index is 16.6. The molecule has 4 heteroatoms. The number of ether oxygens (including phenoxy) is 1. The Morgan fingerprint density at radius 3 is 2.48 bits per heavy atom. The third kappa shape index (κ3) is 2.90. The minimum Gasteiger partial charge on any atom is -0.507 e. The number of methoxy groups -OCH3 is 1. The van der Waals surface area contributed by atoms with Crippen LogP contribution < -0.4 is 0 Å². The van der Waals surface area contributed by atoms with Gasteiger partial charge in [0.25, 0.3) is 0 Å². The molecule has 0 saturated heterocycles. The van der Waals surface area contributed by atoms with Crippen molar-refractivity contribution in [3.05, 3.63) is 65.0 Å². The molecule has 1 atom stereocenters. The van der Waals surface area contributed by atoms with E-state index in [0.29, 0.717) is 16.7 Å². The molecular weight excluding hydrogens is 319 g/mol. The van der Waals surface area contributed by atoms with E-state index in [1.165, 1.54) is 13.2 Å². The van der Waals surface area contributed by atoms with E-state index in [0.717, 1.165) is 12.8 Å². The van der Waals surface area contributed by atoms with Gasteiger partial charge in [0.1, 0.15) is 5.76 Å². The summed E-state index contributed by atoms with van der Waals surface area (Å²) < 4.78 is 21.3. The molecule has 25 heavy (non-hydrogen) atoms. The van der Waals surface area contributed by atoms with Crippen molar-refractivity contribution >= 4 is 11.5 Å². The van der Waals surface area contributed by atoms with Crippen molar-refractivity contribution in [2.24, 2.45) is 5.41 Å². The van der Waals surface area contributed by atoms with Gasteiger partial charge in [-0.2, -0.15) is 0 Å². The summed E-state index contributed by atoms with van der Waals surface area (Å²) in [5.74, 6) is -0.922. The summed E-state index contributed by atoms with van der Waals surface area (Å²) in [5.41, 5.74) is -0.422. The fourth-order valence-electron chi connectivity index (χ4n) is 3.92. The van der Waals surface area contributed by atoms with Gasteiger partial charge in [0.05, 0.1) is 12.7 Å². The van der Waals surface area contributed by atoms with Gasteiger partial charge >= 0.3 is 5.97 Å². The molecular formula is C21H23FO3. The summed E-state index contributed by atoms with van der Waals surface area (Å²) in [6.45, 7) is 4.04. The van der Waals surface area contributed by atoms with Crippen LogP contribution in [0.5, 0.6) is 0 Å². The summed E-state index contributed by atoms with van der Waals surface area (Å²) in [6, 6.07) is 9.17. The Kier molecular flexibility index (Phi) is 4.31. The third-order valence-corrected chi connectivity index (χ3v) is 5.23. The van der Waals surface area contributed by atoms with Gasteiger partial charge < -0.3 is 9.84 Å². The van der Waals surface area contributed by atoms with Gasteiger partial charge in [-0.1, -0.05) is 50.3 Å². The van der Waals surface area contributed by atoms with Crippen LogP contribution in [0.3, 0.4) is 0 Å². The SMILES string of the molecule is COC(=O)C1=C(O)C=C(c2ccccc2)C(F)(C2=CCCC2(C)C)C1. The minimum absolute atomic E-state index is 0.0201. The lowest BCUT2D eigenvalue weighted by atomic mass is 9.68. The van der Waals surface area contributed by atoms with Crippen molar-refractivity contribution in [3.63, 3.8) is 0 Å². The molecule has 0 aromatic heterocycles. The number of esters is 1. The second-order valence-corrected chi connectivity index (χ2v) is 7.30. The number of carbonyl (C=O) groups excluding carboxylic acids is 1. The lowest BCUT2D eigenvalue weighted by Gasteiger charge is -2.39. The molecule has 0 saturated carbocycles. The average molecular weight is 342 g/mol. The van der Waals surface area contributed by atoms with Gasteiger partial charge in [0, 0.05) is 12.0 Å². The fraction of sp³-hybridized carbons (Fsp3) is 0.381. The highest BCUT2D eigenvalue weighted by molar-refractivity contribution is 5.94. The van der Waals surface area contributed by atoms with Crippen molar-refractivity contribution < 1.29 is 19.0 Å². The molecule has 0 heterocycles. The third-order valence-electron chi connectivity index (χ3n) is 5.23. The zero-order valence-corrected chi connectivity index (χ0v) is 14.8. The van der Waals surface area contributed by atoms with Gasteiger partial charge in [-0.05, 0) is 35.5 Å². The molecule has 0 amide bonds. The molecule has 0 fully saturated rings. The van der Waals surface area contributed by atoms with Gasteiger partial charge in [-0.3, -0.25) is 0 Å². The Morgan fingerprint density at radius 2 is 1.92 bits per heavy atom. The molecule has 2 aliphatic rings. The van der Waals surface area contributed by atoms with Crippen molar-refractivity contribution in [2.45, 2.75) is 38.8 Å². The number of hydrogen-bond acceptors (Lipinski definition) is 3. The van der Waals surface area contributed by atoms with Gasteiger partial charge in [-0.25, -0.2) is 9.18 Å². The van der Waals surface area contributed by atoms with E-state index in [1.54, 1.807) is 0 Å². The number of carbonyl (C=O) groups is 1. The zero-order valence-electron chi connectivity index (χ0n) is 14.8.